The summed E-state index contributed by atoms with van der Waals surface area (Å²) in [5.74, 6) is 0.0666. The van der Waals surface area contributed by atoms with Gasteiger partial charge in [0.2, 0.25) is 0 Å². The number of hydrogen-bond donors (Lipinski definition) is 2. The maximum Gasteiger partial charge on any atom is 0.407 e. The fraction of sp³-hybridized carbons (Fsp3) is 0.381. The second-order valence-electron chi connectivity index (χ2n) is 6.85. The molecular weight excluding hydrogens is 314 g/mol. The topological polar surface area (TPSA) is 58.6 Å². The van der Waals surface area contributed by atoms with Gasteiger partial charge in [0.05, 0.1) is 5.60 Å². The van der Waals surface area contributed by atoms with E-state index in [0.717, 1.165) is 0 Å². The van der Waals surface area contributed by atoms with Crippen LogP contribution in [0, 0.1) is 0 Å². The van der Waals surface area contributed by atoms with Crippen molar-refractivity contribution >= 4 is 6.09 Å². The van der Waals surface area contributed by atoms with Crippen molar-refractivity contribution in [3.8, 4) is 11.1 Å². The molecule has 1 unspecified atom stereocenters. The van der Waals surface area contributed by atoms with Crippen molar-refractivity contribution in [1.29, 1.82) is 0 Å². The SMILES string of the molecule is CCC(C)(O)CCNC(=O)OCC1c2ccccc2-c2ccccc21. The first-order chi connectivity index (χ1) is 12.0. The number of carbonyl (C=O) groups is 1. The van der Waals surface area contributed by atoms with Crippen LogP contribution in [0.3, 0.4) is 0 Å². The average Bonchev–Trinajstić information content (AvgIpc) is 2.94. The molecule has 0 aromatic heterocycles. The van der Waals surface area contributed by atoms with E-state index in [0.29, 0.717) is 26.0 Å². The third-order valence-electron chi connectivity index (χ3n) is 5.04. The van der Waals surface area contributed by atoms with Gasteiger partial charge in [0.15, 0.2) is 0 Å². The van der Waals surface area contributed by atoms with Crippen LogP contribution in [0.2, 0.25) is 0 Å². The molecule has 132 valence electrons. The first kappa shape index (κ1) is 17.5. The van der Waals surface area contributed by atoms with Crippen molar-refractivity contribution in [2.45, 2.75) is 38.2 Å². The number of alkyl carbamates (subject to hydrolysis) is 1. The predicted octanol–water partition coefficient (Wildman–Crippen LogP) is 4.08. The van der Waals surface area contributed by atoms with Crippen molar-refractivity contribution in [2.24, 2.45) is 0 Å². The molecule has 0 saturated carbocycles. The lowest BCUT2D eigenvalue weighted by molar-refractivity contribution is 0.0468. The number of rotatable bonds is 6. The van der Waals surface area contributed by atoms with Crippen LogP contribution < -0.4 is 5.32 Å². The second kappa shape index (κ2) is 7.28. The molecule has 0 spiro atoms. The number of carbonyl (C=O) groups excluding carboxylic acids is 1. The normalized spacial score (nSPS) is 15.2. The summed E-state index contributed by atoms with van der Waals surface area (Å²) in [5, 5.41) is 12.7. The molecule has 3 rings (SSSR count). The lowest BCUT2D eigenvalue weighted by Gasteiger charge is -2.21. The second-order valence-corrected chi connectivity index (χ2v) is 6.85. The van der Waals surface area contributed by atoms with E-state index in [2.05, 4.69) is 29.6 Å². The Hall–Kier alpha value is -2.33. The number of amides is 1. The molecule has 4 nitrogen and oxygen atoms in total. The first-order valence-electron chi connectivity index (χ1n) is 8.83. The van der Waals surface area contributed by atoms with Crippen LogP contribution in [0.4, 0.5) is 4.79 Å². The Labute approximate surface area is 148 Å². The summed E-state index contributed by atoms with van der Waals surface area (Å²) in [6.45, 7) is 4.40. The largest absolute Gasteiger partial charge is 0.449 e. The molecule has 1 amide bonds. The van der Waals surface area contributed by atoms with Gasteiger partial charge in [-0.15, -0.1) is 0 Å². The van der Waals surface area contributed by atoms with Gasteiger partial charge in [0.25, 0.3) is 0 Å². The number of nitrogens with one attached hydrogen (secondary N) is 1. The van der Waals surface area contributed by atoms with E-state index >= 15 is 0 Å². The lowest BCUT2D eigenvalue weighted by Crippen LogP contribution is -2.33. The zero-order valence-electron chi connectivity index (χ0n) is 14.8. The van der Waals surface area contributed by atoms with Crippen molar-refractivity contribution in [3.63, 3.8) is 0 Å². The first-order valence-corrected chi connectivity index (χ1v) is 8.83. The zero-order valence-corrected chi connectivity index (χ0v) is 14.8. The molecule has 2 N–H and O–H groups in total. The highest BCUT2D eigenvalue weighted by Gasteiger charge is 2.29. The molecule has 0 saturated heterocycles. The minimum absolute atomic E-state index is 0.0666. The number of aliphatic hydroxyl groups is 1. The van der Waals surface area contributed by atoms with Crippen LogP contribution in [0.5, 0.6) is 0 Å². The predicted molar refractivity (Wildman–Crippen MR) is 98.6 cm³/mol. The molecule has 1 aliphatic carbocycles. The Bertz CT molecular complexity index is 709. The number of ether oxygens (including phenoxy) is 1. The van der Waals surface area contributed by atoms with Crippen LogP contribution >= 0.6 is 0 Å². The van der Waals surface area contributed by atoms with Gasteiger partial charge in [0.1, 0.15) is 6.61 Å². The van der Waals surface area contributed by atoms with Gasteiger partial charge in [-0.1, -0.05) is 55.5 Å². The summed E-state index contributed by atoms with van der Waals surface area (Å²) in [7, 11) is 0. The standard InChI is InChI=1S/C21H25NO3/c1-3-21(2,24)12-13-22-20(23)25-14-19-17-10-6-4-8-15(17)16-9-5-7-11-18(16)19/h4-11,19,24H,3,12-14H2,1-2H3,(H,22,23). The zero-order chi connectivity index (χ0) is 17.9. The molecular formula is C21H25NO3. The monoisotopic (exact) mass is 339 g/mol. The van der Waals surface area contributed by atoms with Crippen LogP contribution in [0.25, 0.3) is 11.1 Å². The van der Waals surface area contributed by atoms with E-state index in [1.165, 1.54) is 22.3 Å². The molecule has 1 atom stereocenters. The quantitative estimate of drug-likeness (QED) is 0.834. The summed E-state index contributed by atoms with van der Waals surface area (Å²) >= 11 is 0. The van der Waals surface area contributed by atoms with Gasteiger partial charge >= 0.3 is 6.09 Å². The van der Waals surface area contributed by atoms with Crippen molar-refractivity contribution in [2.75, 3.05) is 13.2 Å². The maximum atomic E-state index is 12.0. The Morgan fingerprint density at radius 3 is 2.24 bits per heavy atom. The van der Waals surface area contributed by atoms with Gasteiger partial charge in [0, 0.05) is 12.5 Å². The van der Waals surface area contributed by atoms with Crippen LogP contribution in [-0.4, -0.2) is 30.0 Å². The molecule has 1 aliphatic rings. The fourth-order valence-electron chi connectivity index (χ4n) is 3.26. The molecule has 4 heteroatoms. The minimum Gasteiger partial charge on any atom is -0.449 e. The third kappa shape index (κ3) is 3.85. The Kier molecular flexibility index (Phi) is 5.09. The molecule has 2 aromatic rings. The van der Waals surface area contributed by atoms with Gasteiger partial charge in [-0.05, 0) is 42.0 Å². The van der Waals surface area contributed by atoms with Crippen molar-refractivity contribution < 1.29 is 14.6 Å². The molecule has 0 aliphatic heterocycles. The minimum atomic E-state index is -0.753. The molecule has 0 fully saturated rings. The summed E-state index contributed by atoms with van der Waals surface area (Å²) in [6.07, 6.45) is 0.723. The average molecular weight is 339 g/mol. The van der Waals surface area contributed by atoms with Gasteiger partial charge < -0.3 is 15.2 Å². The molecule has 0 radical (unpaired) electrons. The van der Waals surface area contributed by atoms with Gasteiger partial charge in [-0.3, -0.25) is 0 Å². The van der Waals surface area contributed by atoms with E-state index in [9.17, 15) is 9.90 Å². The summed E-state index contributed by atoms with van der Waals surface area (Å²) in [5.41, 5.74) is 4.07. The Balaban J connectivity index is 1.61. The fourth-order valence-corrected chi connectivity index (χ4v) is 3.26. The van der Waals surface area contributed by atoms with E-state index in [1.807, 2.05) is 31.2 Å². The lowest BCUT2D eigenvalue weighted by atomic mass is 9.98. The smallest absolute Gasteiger partial charge is 0.407 e. The summed E-state index contributed by atoms with van der Waals surface area (Å²) < 4.78 is 5.46. The number of hydrogen-bond acceptors (Lipinski definition) is 3. The number of benzene rings is 2. The molecule has 2 aromatic carbocycles. The maximum absolute atomic E-state index is 12.0. The van der Waals surface area contributed by atoms with Crippen molar-refractivity contribution in [3.05, 3.63) is 59.7 Å². The molecule has 0 bridgehead atoms. The van der Waals surface area contributed by atoms with E-state index < -0.39 is 11.7 Å². The van der Waals surface area contributed by atoms with Gasteiger partial charge in [-0.25, -0.2) is 4.79 Å². The number of fused-ring (bicyclic) bond motifs is 3. The van der Waals surface area contributed by atoms with E-state index in [4.69, 9.17) is 4.74 Å². The summed E-state index contributed by atoms with van der Waals surface area (Å²) in [6, 6.07) is 16.5. The summed E-state index contributed by atoms with van der Waals surface area (Å²) in [4.78, 5) is 12.0. The van der Waals surface area contributed by atoms with Gasteiger partial charge in [-0.2, -0.15) is 0 Å². The van der Waals surface area contributed by atoms with Crippen LogP contribution in [-0.2, 0) is 4.74 Å². The van der Waals surface area contributed by atoms with Crippen molar-refractivity contribution in [1.82, 2.24) is 5.32 Å². The van der Waals surface area contributed by atoms with E-state index in [-0.39, 0.29) is 5.92 Å². The highest BCUT2D eigenvalue weighted by molar-refractivity contribution is 5.79. The molecule has 25 heavy (non-hydrogen) atoms. The Morgan fingerprint density at radius 2 is 1.68 bits per heavy atom. The highest BCUT2D eigenvalue weighted by Crippen LogP contribution is 2.44. The van der Waals surface area contributed by atoms with Crippen LogP contribution in [0.1, 0.15) is 43.7 Å². The third-order valence-corrected chi connectivity index (χ3v) is 5.04. The highest BCUT2D eigenvalue weighted by atomic mass is 16.5. The Morgan fingerprint density at radius 1 is 1.12 bits per heavy atom. The van der Waals surface area contributed by atoms with E-state index in [1.54, 1.807) is 6.92 Å². The van der Waals surface area contributed by atoms with Crippen LogP contribution in [0.15, 0.2) is 48.5 Å². The molecule has 0 heterocycles.